The van der Waals surface area contributed by atoms with Gasteiger partial charge >= 0.3 is 0 Å². The number of benzene rings is 1. The highest BCUT2D eigenvalue weighted by molar-refractivity contribution is 5.93. The molecule has 1 aromatic carbocycles. The molecule has 6 heteroatoms. The van der Waals surface area contributed by atoms with Gasteiger partial charge in [-0.15, -0.1) is 0 Å². The van der Waals surface area contributed by atoms with Gasteiger partial charge < -0.3 is 25.0 Å². The molecule has 0 bridgehead atoms. The molecule has 0 saturated carbocycles. The van der Waals surface area contributed by atoms with Gasteiger partial charge in [-0.2, -0.15) is 0 Å². The van der Waals surface area contributed by atoms with Gasteiger partial charge in [0, 0.05) is 31.9 Å². The van der Waals surface area contributed by atoms with Crippen molar-refractivity contribution < 1.29 is 9.47 Å². The van der Waals surface area contributed by atoms with E-state index in [1.54, 1.807) is 14.2 Å². The summed E-state index contributed by atoms with van der Waals surface area (Å²) in [6.07, 6.45) is 2.61. The molecule has 0 amide bonds. The third kappa shape index (κ3) is 6.12. The van der Waals surface area contributed by atoms with Crippen molar-refractivity contribution in [3.63, 3.8) is 0 Å². The predicted molar refractivity (Wildman–Crippen MR) is 104 cm³/mol. The minimum atomic E-state index is 0.598. The van der Waals surface area contributed by atoms with Gasteiger partial charge in [-0.3, -0.25) is 4.99 Å². The first-order valence-corrected chi connectivity index (χ1v) is 9.17. The highest BCUT2D eigenvalue weighted by Crippen LogP contribution is 2.30. The maximum Gasteiger partial charge on any atom is 0.195 e. The summed E-state index contributed by atoms with van der Waals surface area (Å²) in [5, 5.41) is 6.69. The van der Waals surface area contributed by atoms with E-state index in [4.69, 9.17) is 9.47 Å². The van der Waals surface area contributed by atoms with Crippen molar-refractivity contribution in [1.82, 2.24) is 10.2 Å². The van der Waals surface area contributed by atoms with Gasteiger partial charge in [0.1, 0.15) is 0 Å². The lowest BCUT2D eigenvalue weighted by atomic mass is 9.99. The maximum absolute atomic E-state index is 5.62. The number of hydrogen-bond acceptors (Lipinski definition) is 4. The summed E-state index contributed by atoms with van der Waals surface area (Å²) in [4.78, 5) is 6.81. The fourth-order valence-electron chi connectivity index (χ4n) is 2.96. The van der Waals surface area contributed by atoms with Crippen LogP contribution in [0.15, 0.2) is 23.2 Å². The molecule has 1 aliphatic rings. The quantitative estimate of drug-likeness (QED) is 0.586. The van der Waals surface area contributed by atoms with Crippen molar-refractivity contribution in [2.75, 3.05) is 52.3 Å². The molecular weight excluding hydrogens is 316 g/mol. The zero-order chi connectivity index (χ0) is 18.1. The molecule has 0 unspecified atom stereocenters. The van der Waals surface area contributed by atoms with E-state index in [0.717, 1.165) is 42.2 Å². The standard InChI is InChI=1S/C19H32N4O2/c1-5-25-18-14-16(6-7-17(18)24-4)22-19(20-3)21-10-13-23-11-8-15(2)9-12-23/h6-7,14-15H,5,8-13H2,1-4H3,(H2,20,21,22). The van der Waals surface area contributed by atoms with Gasteiger partial charge in [-0.25, -0.2) is 0 Å². The van der Waals surface area contributed by atoms with E-state index < -0.39 is 0 Å². The smallest absolute Gasteiger partial charge is 0.195 e. The average molecular weight is 348 g/mol. The van der Waals surface area contributed by atoms with Gasteiger partial charge in [-0.05, 0) is 50.9 Å². The number of ether oxygens (including phenoxy) is 2. The Bertz CT molecular complexity index is 554. The summed E-state index contributed by atoms with van der Waals surface area (Å²) < 4.78 is 10.9. The molecule has 1 aromatic rings. The van der Waals surface area contributed by atoms with Gasteiger partial charge in [0.15, 0.2) is 17.5 Å². The fourth-order valence-corrected chi connectivity index (χ4v) is 2.96. The number of anilines is 1. The van der Waals surface area contributed by atoms with Gasteiger partial charge in [0.05, 0.1) is 13.7 Å². The van der Waals surface area contributed by atoms with Crippen LogP contribution in [0.25, 0.3) is 0 Å². The van der Waals surface area contributed by atoms with E-state index in [9.17, 15) is 0 Å². The second kappa shape index (κ2) is 10.1. The molecular formula is C19H32N4O2. The summed E-state index contributed by atoms with van der Waals surface area (Å²) in [5.74, 6) is 3.09. The molecule has 25 heavy (non-hydrogen) atoms. The summed E-state index contributed by atoms with van der Waals surface area (Å²) in [6.45, 7) is 9.22. The first-order chi connectivity index (χ1) is 12.2. The van der Waals surface area contributed by atoms with Gasteiger partial charge in [0.25, 0.3) is 0 Å². The number of likely N-dealkylation sites (tertiary alicyclic amines) is 1. The third-order valence-electron chi connectivity index (χ3n) is 4.55. The predicted octanol–water partition coefficient (Wildman–Crippen LogP) is 2.81. The van der Waals surface area contributed by atoms with E-state index >= 15 is 0 Å². The number of nitrogens with zero attached hydrogens (tertiary/aromatic N) is 2. The lowest BCUT2D eigenvalue weighted by Crippen LogP contribution is -2.40. The van der Waals surface area contributed by atoms with Crippen LogP contribution in [-0.2, 0) is 0 Å². The molecule has 0 radical (unpaired) electrons. The van der Waals surface area contributed by atoms with E-state index in [-0.39, 0.29) is 0 Å². The van der Waals surface area contributed by atoms with Crippen LogP contribution >= 0.6 is 0 Å². The van der Waals surface area contributed by atoms with E-state index in [0.29, 0.717) is 6.61 Å². The first-order valence-electron chi connectivity index (χ1n) is 9.17. The highest BCUT2D eigenvalue weighted by Gasteiger charge is 2.15. The Kier molecular flexibility index (Phi) is 7.85. The molecule has 6 nitrogen and oxygen atoms in total. The lowest BCUT2D eigenvalue weighted by Gasteiger charge is -2.30. The Hall–Kier alpha value is -1.95. The second-order valence-corrected chi connectivity index (χ2v) is 6.45. The molecule has 1 fully saturated rings. The van der Waals surface area contributed by atoms with Crippen LogP contribution < -0.4 is 20.1 Å². The Morgan fingerprint density at radius 2 is 2.04 bits per heavy atom. The number of piperidine rings is 1. The van der Waals surface area contributed by atoms with E-state index in [1.807, 2.05) is 25.1 Å². The Morgan fingerprint density at radius 1 is 1.28 bits per heavy atom. The van der Waals surface area contributed by atoms with Crippen LogP contribution in [0.4, 0.5) is 5.69 Å². The molecule has 0 spiro atoms. The second-order valence-electron chi connectivity index (χ2n) is 6.45. The number of hydrogen-bond donors (Lipinski definition) is 2. The fraction of sp³-hybridized carbons (Fsp3) is 0.632. The van der Waals surface area contributed by atoms with Crippen molar-refractivity contribution in [2.24, 2.45) is 10.9 Å². The van der Waals surface area contributed by atoms with Gasteiger partial charge in [0.2, 0.25) is 0 Å². The zero-order valence-electron chi connectivity index (χ0n) is 16.0. The average Bonchev–Trinajstić information content (AvgIpc) is 2.63. The topological polar surface area (TPSA) is 58.1 Å². The zero-order valence-corrected chi connectivity index (χ0v) is 16.0. The minimum Gasteiger partial charge on any atom is -0.493 e. The SMILES string of the molecule is CCOc1cc(NC(=NC)NCCN2CCC(C)CC2)ccc1OC. The van der Waals surface area contributed by atoms with Crippen molar-refractivity contribution in [2.45, 2.75) is 26.7 Å². The highest BCUT2D eigenvalue weighted by atomic mass is 16.5. The van der Waals surface area contributed by atoms with Crippen LogP contribution in [0.3, 0.4) is 0 Å². The van der Waals surface area contributed by atoms with Crippen LogP contribution in [-0.4, -0.2) is 57.8 Å². The van der Waals surface area contributed by atoms with Gasteiger partial charge in [-0.1, -0.05) is 6.92 Å². The third-order valence-corrected chi connectivity index (χ3v) is 4.55. The Balaban J connectivity index is 1.84. The molecule has 2 rings (SSSR count). The number of rotatable bonds is 7. The number of methoxy groups -OCH3 is 1. The lowest BCUT2D eigenvalue weighted by molar-refractivity contribution is 0.195. The van der Waals surface area contributed by atoms with Crippen molar-refractivity contribution in [3.05, 3.63) is 18.2 Å². The minimum absolute atomic E-state index is 0.598. The summed E-state index contributed by atoms with van der Waals surface area (Å²) in [5.41, 5.74) is 0.921. The van der Waals surface area contributed by atoms with E-state index in [2.05, 4.69) is 27.4 Å². The first kappa shape index (κ1) is 19.4. The van der Waals surface area contributed by atoms with Crippen LogP contribution in [0.5, 0.6) is 11.5 Å². The normalized spacial score (nSPS) is 16.6. The Labute approximate surface area is 151 Å². The van der Waals surface area contributed by atoms with Crippen LogP contribution in [0.1, 0.15) is 26.7 Å². The summed E-state index contributed by atoms with van der Waals surface area (Å²) in [7, 11) is 3.43. The van der Waals surface area contributed by atoms with Crippen molar-refractivity contribution >= 4 is 11.6 Å². The Morgan fingerprint density at radius 3 is 2.68 bits per heavy atom. The molecule has 1 heterocycles. The number of guanidine groups is 1. The van der Waals surface area contributed by atoms with Crippen molar-refractivity contribution in [1.29, 1.82) is 0 Å². The largest absolute Gasteiger partial charge is 0.493 e. The molecule has 0 atom stereocenters. The number of aliphatic imine (C=N–C) groups is 1. The molecule has 2 N–H and O–H groups in total. The van der Waals surface area contributed by atoms with Crippen molar-refractivity contribution in [3.8, 4) is 11.5 Å². The molecule has 0 aliphatic carbocycles. The van der Waals surface area contributed by atoms with Crippen LogP contribution in [0.2, 0.25) is 0 Å². The maximum atomic E-state index is 5.62. The molecule has 1 saturated heterocycles. The monoisotopic (exact) mass is 348 g/mol. The molecule has 1 aliphatic heterocycles. The van der Waals surface area contributed by atoms with Crippen LogP contribution in [0, 0.1) is 5.92 Å². The summed E-state index contributed by atoms with van der Waals surface area (Å²) >= 11 is 0. The number of nitrogens with one attached hydrogen (secondary N) is 2. The molecule has 0 aromatic heterocycles. The molecule has 140 valence electrons. The van der Waals surface area contributed by atoms with E-state index in [1.165, 1.54) is 25.9 Å². The summed E-state index contributed by atoms with van der Waals surface area (Å²) in [6, 6.07) is 5.79.